The number of para-hydroxylation sites is 1. The molecule has 15 heavy (non-hydrogen) atoms. The highest BCUT2D eigenvalue weighted by Crippen LogP contribution is 2.24. The molecule has 1 aromatic carbocycles. The predicted molar refractivity (Wildman–Crippen MR) is 64.0 cm³/mol. The van der Waals surface area contributed by atoms with Gasteiger partial charge >= 0.3 is 0 Å². The molecule has 0 aromatic heterocycles. The summed E-state index contributed by atoms with van der Waals surface area (Å²) in [4.78, 5) is 2.16. The maximum Gasteiger partial charge on any atom is 0.0606 e. The van der Waals surface area contributed by atoms with Gasteiger partial charge < -0.3 is 15.7 Å². The molecule has 3 N–H and O–H groups in total. The minimum Gasteiger partial charge on any atom is -0.395 e. The quantitative estimate of drug-likeness (QED) is 0.766. The second kappa shape index (κ2) is 5.73. The molecule has 84 valence electrons. The van der Waals surface area contributed by atoms with Crippen LogP contribution in [0.4, 0.5) is 5.69 Å². The highest BCUT2D eigenvalue weighted by atomic mass is 16.3. The van der Waals surface area contributed by atoms with E-state index in [9.17, 15) is 0 Å². The van der Waals surface area contributed by atoms with E-state index in [1.54, 1.807) is 0 Å². The number of hydrogen-bond acceptors (Lipinski definition) is 3. The van der Waals surface area contributed by atoms with Gasteiger partial charge in [-0.2, -0.15) is 0 Å². The van der Waals surface area contributed by atoms with Crippen molar-refractivity contribution in [2.24, 2.45) is 5.73 Å². The molecule has 1 aromatic rings. The Morgan fingerprint density at radius 2 is 2.13 bits per heavy atom. The lowest BCUT2D eigenvalue weighted by Gasteiger charge is -2.26. The van der Waals surface area contributed by atoms with Gasteiger partial charge in [0.2, 0.25) is 0 Å². The summed E-state index contributed by atoms with van der Waals surface area (Å²) in [5.74, 6) is 0. The van der Waals surface area contributed by atoms with E-state index in [1.807, 2.05) is 12.1 Å². The minimum atomic E-state index is 0.173. The first-order chi connectivity index (χ1) is 7.24. The van der Waals surface area contributed by atoms with Crippen LogP contribution in [-0.4, -0.2) is 24.8 Å². The molecule has 0 atom stereocenters. The summed E-state index contributed by atoms with van der Waals surface area (Å²) in [5, 5.41) is 9.01. The van der Waals surface area contributed by atoms with Crippen LogP contribution in [0.2, 0.25) is 0 Å². The topological polar surface area (TPSA) is 49.5 Å². The number of nitrogens with zero attached hydrogens (tertiary/aromatic N) is 1. The zero-order valence-corrected chi connectivity index (χ0v) is 9.53. The van der Waals surface area contributed by atoms with E-state index in [0.29, 0.717) is 13.1 Å². The third-order valence-corrected chi connectivity index (χ3v) is 2.61. The van der Waals surface area contributed by atoms with Crippen LogP contribution in [0.25, 0.3) is 0 Å². The van der Waals surface area contributed by atoms with Crippen molar-refractivity contribution >= 4 is 5.69 Å². The van der Waals surface area contributed by atoms with Crippen LogP contribution in [-0.2, 0) is 6.54 Å². The number of likely N-dealkylation sites (N-methyl/N-ethyl adjacent to an activating group) is 1. The Bertz CT molecular complexity index is 312. The third-order valence-electron chi connectivity index (χ3n) is 2.61. The second-order valence-corrected chi connectivity index (χ2v) is 3.59. The smallest absolute Gasteiger partial charge is 0.0606 e. The van der Waals surface area contributed by atoms with Crippen LogP contribution in [0.15, 0.2) is 18.2 Å². The van der Waals surface area contributed by atoms with E-state index in [1.165, 1.54) is 11.3 Å². The maximum atomic E-state index is 9.01. The molecule has 0 aliphatic heterocycles. The van der Waals surface area contributed by atoms with E-state index in [2.05, 4.69) is 24.8 Å². The summed E-state index contributed by atoms with van der Waals surface area (Å²) in [7, 11) is 0. The molecule has 3 nitrogen and oxygen atoms in total. The van der Waals surface area contributed by atoms with Gasteiger partial charge in [0.25, 0.3) is 0 Å². The first-order valence-electron chi connectivity index (χ1n) is 5.39. The molecule has 3 heteroatoms. The largest absolute Gasteiger partial charge is 0.395 e. The van der Waals surface area contributed by atoms with Crippen LogP contribution >= 0.6 is 0 Å². The van der Waals surface area contributed by atoms with Crippen molar-refractivity contribution in [1.82, 2.24) is 0 Å². The van der Waals surface area contributed by atoms with Gasteiger partial charge in [-0.05, 0) is 25.0 Å². The molecule has 1 rings (SSSR count). The number of aliphatic hydroxyl groups is 1. The van der Waals surface area contributed by atoms with Crippen LogP contribution in [0.5, 0.6) is 0 Å². The Kier molecular flexibility index (Phi) is 4.59. The Labute approximate surface area is 91.5 Å². The minimum absolute atomic E-state index is 0.173. The van der Waals surface area contributed by atoms with E-state index in [-0.39, 0.29) is 6.61 Å². The van der Waals surface area contributed by atoms with Crippen LogP contribution in [0.1, 0.15) is 18.1 Å². The fraction of sp³-hybridized carbons (Fsp3) is 0.500. The molecule has 0 unspecified atom stereocenters. The lowest BCUT2D eigenvalue weighted by molar-refractivity contribution is 0.302. The van der Waals surface area contributed by atoms with Gasteiger partial charge in [-0.15, -0.1) is 0 Å². The van der Waals surface area contributed by atoms with Crippen molar-refractivity contribution in [1.29, 1.82) is 0 Å². The van der Waals surface area contributed by atoms with Gasteiger partial charge in [-0.1, -0.05) is 18.2 Å². The summed E-state index contributed by atoms with van der Waals surface area (Å²) in [5.41, 5.74) is 9.26. The molecular weight excluding hydrogens is 188 g/mol. The SMILES string of the molecule is CCN(CCO)c1c(C)cccc1CN. The number of aliphatic hydroxyl groups excluding tert-OH is 1. The number of rotatable bonds is 5. The Morgan fingerprint density at radius 3 is 2.67 bits per heavy atom. The highest BCUT2D eigenvalue weighted by Gasteiger charge is 2.10. The summed E-state index contributed by atoms with van der Waals surface area (Å²) in [6.45, 7) is 6.43. The van der Waals surface area contributed by atoms with E-state index in [0.717, 1.165) is 12.1 Å². The number of aryl methyl sites for hydroxylation is 1. The Morgan fingerprint density at radius 1 is 1.40 bits per heavy atom. The van der Waals surface area contributed by atoms with Gasteiger partial charge in [0, 0.05) is 25.3 Å². The zero-order valence-electron chi connectivity index (χ0n) is 9.53. The fourth-order valence-electron chi connectivity index (χ4n) is 1.89. The van der Waals surface area contributed by atoms with E-state index in [4.69, 9.17) is 10.8 Å². The third kappa shape index (κ3) is 2.70. The first-order valence-corrected chi connectivity index (χ1v) is 5.39. The molecule has 0 amide bonds. The average Bonchev–Trinajstić information content (AvgIpc) is 2.26. The van der Waals surface area contributed by atoms with Gasteiger partial charge in [-0.25, -0.2) is 0 Å². The van der Waals surface area contributed by atoms with E-state index >= 15 is 0 Å². The molecule has 0 aliphatic rings. The molecule has 0 saturated carbocycles. The van der Waals surface area contributed by atoms with Crippen LogP contribution in [0.3, 0.4) is 0 Å². The van der Waals surface area contributed by atoms with Crippen molar-refractivity contribution in [3.63, 3.8) is 0 Å². The van der Waals surface area contributed by atoms with Gasteiger partial charge in [0.1, 0.15) is 0 Å². The lowest BCUT2D eigenvalue weighted by Crippen LogP contribution is -2.28. The summed E-state index contributed by atoms with van der Waals surface area (Å²) < 4.78 is 0. The van der Waals surface area contributed by atoms with Crippen molar-refractivity contribution in [2.75, 3.05) is 24.6 Å². The van der Waals surface area contributed by atoms with E-state index < -0.39 is 0 Å². The highest BCUT2D eigenvalue weighted by molar-refractivity contribution is 5.59. The summed E-state index contributed by atoms with van der Waals surface area (Å²) >= 11 is 0. The molecule has 0 saturated heterocycles. The van der Waals surface area contributed by atoms with Crippen molar-refractivity contribution in [3.8, 4) is 0 Å². The van der Waals surface area contributed by atoms with Gasteiger partial charge in [0.05, 0.1) is 6.61 Å². The monoisotopic (exact) mass is 208 g/mol. The lowest BCUT2D eigenvalue weighted by atomic mass is 10.1. The molecule has 0 spiro atoms. The van der Waals surface area contributed by atoms with Crippen molar-refractivity contribution in [2.45, 2.75) is 20.4 Å². The molecule has 0 bridgehead atoms. The molecule has 0 heterocycles. The van der Waals surface area contributed by atoms with Gasteiger partial charge in [-0.3, -0.25) is 0 Å². The molecule has 0 aliphatic carbocycles. The number of nitrogens with two attached hydrogens (primary N) is 1. The summed E-state index contributed by atoms with van der Waals surface area (Å²) in [6, 6.07) is 6.14. The second-order valence-electron chi connectivity index (χ2n) is 3.59. The van der Waals surface area contributed by atoms with Crippen LogP contribution < -0.4 is 10.6 Å². The van der Waals surface area contributed by atoms with Gasteiger partial charge in [0.15, 0.2) is 0 Å². The number of benzene rings is 1. The van der Waals surface area contributed by atoms with Crippen LogP contribution in [0, 0.1) is 6.92 Å². The molecular formula is C12H20N2O. The van der Waals surface area contributed by atoms with Crippen molar-refractivity contribution in [3.05, 3.63) is 29.3 Å². The fourth-order valence-corrected chi connectivity index (χ4v) is 1.89. The standard InChI is InChI=1S/C12H20N2O/c1-3-14(7-8-15)12-10(2)5-4-6-11(12)9-13/h4-6,15H,3,7-9,13H2,1-2H3. The normalized spacial score (nSPS) is 10.4. The molecule has 0 fully saturated rings. The number of hydrogen-bond donors (Lipinski definition) is 2. The Hall–Kier alpha value is -1.06. The first kappa shape index (κ1) is 12.0. The number of anilines is 1. The maximum absolute atomic E-state index is 9.01. The van der Waals surface area contributed by atoms with Crippen molar-refractivity contribution < 1.29 is 5.11 Å². The predicted octanol–water partition coefficient (Wildman–Crippen LogP) is 1.27. The Balaban J connectivity index is 3.08. The molecule has 0 radical (unpaired) electrons. The zero-order chi connectivity index (χ0) is 11.3. The average molecular weight is 208 g/mol. The summed E-state index contributed by atoms with van der Waals surface area (Å²) in [6.07, 6.45) is 0.